The number of methoxy groups -OCH3 is 1. The molecule has 1 N–H and O–H groups in total. The molecule has 1 aliphatic carbocycles. The van der Waals surface area contributed by atoms with E-state index in [4.69, 9.17) is 4.74 Å². The standard InChI is InChI=1S/C27H32FN3O3/c1-34-16-4-14-31(27(33)21-9-10-21)19-26(32)30(18-20-7-11-23(28)12-8-20)15-13-22-17-29-25-6-3-2-5-24(22)25/h2-3,5-8,11-12,17,21,29H,4,9-10,13-16,18-19H2,1H3. The third-order valence-electron chi connectivity index (χ3n) is 6.31. The van der Waals surface area contributed by atoms with Gasteiger partial charge in [0.15, 0.2) is 0 Å². The predicted octanol–water partition coefficient (Wildman–Crippen LogP) is 4.15. The lowest BCUT2D eigenvalue weighted by molar-refractivity contribution is -0.141. The molecule has 4 rings (SSSR count). The highest BCUT2D eigenvalue weighted by Crippen LogP contribution is 2.31. The molecule has 0 atom stereocenters. The number of benzene rings is 2. The number of carbonyl (C=O) groups excluding carboxylic acids is 2. The number of fused-ring (bicyclic) bond motifs is 1. The molecule has 1 fully saturated rings. The number of aromatic amines is 1. The van der Waals surface area contributed by atoms with Gasteiger partial charge in [0.25, 0.3) is 0 Å². The number of amides is 2. The first-order chi connectivity index (χ1) is 16.5. The Morgan fingerprint density at radius 3 is 2.56 bits per heavy atom. The maximum Gasteiger partial charge on any atom is 0.242 e. The number of nitrogens with one attached hydrogen (secondary N) is 1. The molecule has 34 heavy (non-hydrogen) atoms. The Balaban J connectivity index is 1.48. The molecule has 0 saturated heterocycles. The third-order valence-corrected chi connectivity index (χ3v) is 6.31. The van der Waals surface area contributed by atoms with Gasteiger partial charge in [0.2, 0.25) is 11.8 Å². The number of rotatable bonds is 12. The molecule has 2 amide bonds. The van der Waals surface area contributed by atoms with Crippen molar-refractivity contribution >= 4 is 22.7 Å². The third kappa shape index (κ3) is 6.23. The van der Waals surface area contributed by atoms with Gasteiger partial charge in [-0.1, -0.05) is 30.3 Å². The Labute approximate surface area is 199 Å². The van der Waals surface area contributed by atoms with Gasteiger partial charge in [-0.2, -0.15) is 0 Å². The minimum absolute atomic E-state index is 0.0483. The highest BCUT2D eigenvalue weighted by molar-refractivity contribution is 5.87. The van der Waals surface area contributed by atoms with Gasteiger partial charge < -0.3 is 19.5 Å². The van der Waals surface area contributed by atoms with Crippen molar-refractivity contribution in [3.05, 3.63) is 71.7 Å². The smallest absolute Gasteiger partial charge is 0.242 e. The zero-order chi connectivity index (χ0) is 23.9. The summed E-state index contributed by atoms with van der Waals surface area (Å²) >= 11 is 0. The highest BCUT2D eigenvalue weighted by Gasteiger charge is 2.34. The summed E-state index contributed by atoms with van der Waals surface area (Å²) in [4.78, 5) is 33.0. The molecule has 2 aromatic carbocycles. The van der Waals surface area contributed by atoms with Crippen LogP contribution >= 0.6 is 0 Å². The topological polar surface area (TPSA) is 65.6 Å². The Hall–Kier alpha value is -3.19. The average Bonchev–Trinajstić information content (AvgIpc) is 3.62. The van der Waals surface area contributed by atoms with Gasteiger partial charge in [-0.3, -0.25) is 9.59 Å². The summed E-state index contributed by atoms with van der Waals surface area (Å²) in [6, 6.07) is 14.3. The van der Waals surface area contributed by atoms with Crippen LogP contribution < -0.4 is 0 Å². The van der Waals surface area contributed by atoms with Crippen LogP contribution in [0, 0.1) is 11.7 Å². The maximum absolute atomic E-state index is 13.4. The van der Waals surface area contributed by atoms with Gasteiger partial charge in [-0.15, -0.1) is 0 Å². The van der Waals surface area contributed by atoms with Crippen LogP contribution in [0.4, 0.5) is 4.39 Å². The number of aromatic nitrogens is 1. The van der Waals surface area contributed by atoms with Crippen LogP contribution in [0.2, 0.25) is 0 Å². The molecule has 180 valence electrons. The fourth-order valence-corrected chi connectivity index (χ4v) is 4.21. The number of halogens is 1. The number of nitrogens with zero attached hydrogens (tertiary/aromatic N) is 2. The lowest BCUT2D eigenvalue weighted by Gasteiger charge is -2.28. The molecule has 1 heterocycles. The molecular weight excluding hydrogens is 433 g/mol. The summed E-state index contributed by atoms with van der Waals surface area (Å²) < 4.78 is 18.6. The zero-order valence-electron chi connectivity index (χ0n) is 19.6. The van der Waals surface area contributed by atoms with E-state index in [0.717, 1.165) is 34.9 Å². The first kappa shape index (κ1) is 24.0. The Kier molecular flexibility index (Phi) is 7.95. The highest BCUT2D eigenvalue weighted by atomic mass is 19.1. The first-order valence-electron chi connectivity index (χ1n) is 11.9. The molecule has 0 radical (unpaired) electrons. The van der Waals surface area contributed by atoms with E-state index >= 15 is 0 Å². The second-order valence-corrected chi connectivity index (χ2v) is 8.93. The maximum atomic E-state index is 13.4. The fraction of sp³-hybridized carbons (Fsp3) is 0.407. The van der Waals surface area contributed by atoms with Crippen LogP contribution in [0.15, 0.2) is 54.7 Å². The van der Waals surface area contributed by atoms with E-state index in [1.165, 1.54) is 12.1 Å². The van der Waals surface area contributed by atoms with Crippen molar-refractivity contribution in [3.8, 4) is 0 Å². The molecule has 0 spiro atoms. The summed E-state index contributed by atoms with van der Waals surface area (Å²) in [5.74, 6) is -0.301. The summed E-state index contributed by atoms with van der Waals surface area (Å²) in [6.07, 6.45) is 5.15. The minimum Gasteiger partial charge on any atom is -0.385 e. The molecule has 1 aliphatic rings. The SMILES string of the molecule is COCCCN(CC(=O)N(CCc1c[nH]c2ccccc12)Cc1ccc(F)cc1)C(=O)C1CC1. The minimum atomic E-state index is -0.306. The van der Waals surface area contributed by atoms with Crippen LogP contribution in [0.3, 0.4) is 0 Å². The summed E-state index contributed by atoms with van der Waals surface area (Å²) in [7, 11) is 1.63. The molecule has 1 aromatic heterocycles. The molecule has 7 heteroatoms. The van der Waals surface area contributed by atoms with E-state index in [9.17, 15) is 14.0 Å². The largest absolute Gasteiger partial charge is 0.385 e. The predicted molar refractivity (Wildman–Crippen MR) is 130 cm³/mol. The summed E-state index contributed by atoms with van der Waals surface area (Å²) in [6.45, 7) is 1.96. The summed E-state index contributed by atoms with van der Waals surface area (Å²) in [5, 5.41) is 1.14. The van der Waals surface area contributed by atoms with E-state index < -0.39 is 0 Å². The van der Waals surface area contributed by atoms with Gasteiger partial charge in [0.1, 0.15) is 5.82 Å². The number of H-pyrrole nitrogens is 1. The average molecular weight is 466 g/mol. The van der Waals surface area contributed by atoms with Gasteiger partial charge >= 0.3 is 0 Å². The molecule has 0 bridgehead atoms. The van der Waals surface area contributed by atoms with E-state index in [0.29, 0.717) is 39.1 Å². The van der Waals surface area contributed by atoms with Gasteiger partial charge in [-0.05, 0) is 55.0 Å². The van der Waals surface area contributed by atoms with Crippen LogP contribution in [0.25, 0.3) is 10.9 Å². The molecule has 6 nitrogen and oxygen atoms in total. The van der Waals surface area contributed by atoms with Crippen molar-refractivity contribution < 1.29 is 18.7 Å². The normalized spacial score (nSPS) is 13.2. The molecule has 0 unspecified atom stereocenters. The van der Waals surface area contributed by atoms with Gasteiger partial charge in [0, 0.05) is 56.4 Å². The van der Waals surface area contributed by atoms with Crippen molar-refractivity contribution in [2.45, 2.75) is 32.2 Å². The first-order valence-corrected chi connectivity index (χ1v) is 11.9. The number of carbonyl (C=O) groups is 2. The Morgan fingerprint density at radius 1 is 1.06 bits per heavy atom. The quantitative estimate of drug-likeness (QED) is 0.409. The monoisotopic (exact) mass is 465 g/mol. The van der Waals surface area contributed by atoms with Crippen LogP contribution in [0.1, 0.15) is 30.4 Å². The van der Waals surface area contributed by atoms with Crippen LogP contribution in [-0.2, 0) is 27.3 Å². The number of hydrogen-bond donors (Lipinski definition) is 1. The fourth-order valence-electron chi connectivity index (χ4n) is 4.21. The lowest BCUT2D eigenvalue weighted by Crippen LogP contribution is -2.44. The molecule has 0 aliphatic heterocycles. The van der Waals surface area contributed by atoms with E-state index in [2.05, 4.69) is 11.1 Å². The second-order valence-electron chi connectivity index (χ2n) is 8.93. The van der Waals surface area contributed by atoms with Gasteiger partial charge in [0.05, 0.1) is 6.54 Å². The van der Waals surface area contributed by atoms with E-state index in [-0.39, 0.29) is 30.1 Å². The Morgan fingerprint density at radius 2 is 1.82 bits per heavy atom. The zero-order valence-corrected chi connectivity index (χ0v) is 19.6. The van der Waals surface area contributed by atoms with E-state index in [1.54, 1.807) is 29.0 Å². The number of para-hydroxylation sites is 1. The van der Waals surface area contributed by atoms with Crippen molar-refractivity contribution in [1.82, 2.24) is 14.8 Å². The van der Waals surface area contributed by atoms with Crippen molar-refractivity contribution in [3.63, 3.8) is 0 Å². The van der Waals surface area contributed by atoms with Gasteiger partial charge in [-0.25, -0.2) is 4.39 Å². The van der Waals surface area contributed by atoms with Crippen LogP contribution in [0.5, 0.6) is 0 Å². The summed E-state index contributed by atoms with van der Waals surface area (Å²) in [5.41, 5.74) is 3.06. The molecular formula is C27H32FN3O3. The number of hydrogen-bond acceptors (Lipinski definition) is 3. The second kappa shape index (κ2) is 11.3. The molecule has 3 aromatic rings. The lowest BCUT2D eigenvalue weighted by atomic mass is 10.1. The van der Waals surface area contributed by atoms with E-state index in [1.807, 2.05) is 24.4 Å². The van der Waals surface area contributed by atoms with Crippen molar-refractivity contribution in [1.29, 1.82) is 0 Å². The van der Waals surface area contributed by atoms with Crippen molar-refractivity contribution in [2.75, 3.05) is 33.4 Å². The van der Waals surface area contributed by atoms with Crippen molar-refractivity contribution in [2.24, 2.45) is 5.92 Å². The number of ether oxygens (including phenoxy) is 1. The molecule has 1 saturated carbocycles. The Bertz CT molecular complexity index is 1110. The van der Waals surface area contributed by atoms with Crippen LogP contribution in [-0.4, -0.2) is 59.9 Å².